The summed E-state index contributed by atoms with van der Waals surface area (Å²) in [5, 5.41) is 2.82. The van der Waals surface area contributed by atoms with Gasteiger partial charge in [0.05, 0.1) is 6.54 Å². The first-order valence-electron chi connectivity index (χ1n) is 7.25. The van der Waals surface area contributed by atoms with Gasteiger partial charge < -0.3 is 5.32 Å². The molecule has 1 aliphatic rings. The normalized spacial score (nSPS) is 15.2. The number of halogens is 1. The molecule has 1 aliphatic carbocycles. The van der Waals surface area contributed by atoms with E-state index in [1.807, 2.05) is 0 Å². The highest BCUT2D eigenvalue weighted by atomic mass is 19.1. The van der Waals surface area contributed by atoms with Crippen molar-refractivity contribution < 1.29 is 9.18 Å². The highest BCUT2D eigenvalue weighted by Gasteiger charge is 2.16. The van der Waals surface area contributed by atoms with Crippen molar-refractivity contribution in [2.75, 3.05) is 6.54 Å². The maximum absolute atomic E-state index is 12.7. The van der Waals surface area contributed by atoms with Crippen LogP contribution in [-0.4, -0.2) is 12.5 Å². The number of carbonyl (C=O) groups is 1. The van der Waals surface area contributed by atoms with E-state index in [2.05, 4.69) is 17.2 Å². The van der Waals surface area contributed by atoms with Crippen LogP contribution >= 0.6 is 0 Å². The third kappa shape index (κ3) is 5.05. The molecule has 0 spiro atoms. The fraction of sp³-hybridized carbons (Fsp3) is 0.471. The molecule has 0 radical (unpaired) electrons. The molecule has 1 aromatic carbocycles. The molecule has 0 heterocycles. The second-order valence-electron chi connectivity index (χ2n) is 5.29. The minimum absolute atomic E-state index is 0.0882. The molecule has 0 aliphatic heterocycles. The molecule has 20 heavy (non-hydrogen) atoms. The van der Waals surface area contributed by atoms with Gasteiger partial charge in [-0.2, -0.15) is 0 Å². The van der Waals surface area contributed by atoms with Crippen LogP contribution in [0.3, 0.4) is 0 Å². The van der Waals surface area contributed by atoms with Crippen LogP contribution in [0.5, 0.6) is 0 Å². The van der Waals surface area contributed by atoms with Gasteiger partial charge in [0.15, 0.2) is 0 Å². The summed E-state index contributed by atoms with van der Waals surface area (Å²) >= 11 is 0. The van der Waals surface area contributed by atoms with Crippen molar-refractivity contribution in [3.05, 3.63) is 35.6 Å². The monoisotopic (exact) mass is 273 g/mol. The largest absolute Gasteiger partial charge is 0.345 e. The van der Waals surface area contributed by atoms with Crippen LogP contribution in [0.25, 0.3) is 0 Å². The molecule has 0 unspecified atom stereocenters. The van der Waals surface area contributed by atoms with Crippen molar-refractivity contribution in [1.29, 1.82) is 0 Å². The molecule has 0 bridgehead atoms. The Balaban J connectivity index is 1.70. The SMILES string of the molecule is O=C(CC1CCCCC1)NCC#Cc1ccc(F)cc1. The quantitative estimate of drug-likeness (QED) is 0.841. The van der Waals surface area contributed by atoms with Gasteiger partial charge in [0.25, 0.3) is 0 Å². The van der Waals surface area contributed by atoms with Gasteiger partial charge in [-0.05, 0) is 43.0 Å². The Bertz CT molecular complexity index is 492. The zero-order chi connectivity index (χ0) is 14.2. The van der Waals surface area contributed by atoms with E-state index in [0.717, 1.165) is 5.56 Å². The van der Waals surface area contributed by atoms with Gasteiger partial charge in [0.1, 0.15) is 5.82 Å². The minimum atomic E-state index is -0.267. The molecular weight excluding hydrogens is 253 g/mol. The third-order valence-corrected chi connectivity index (χ3v) is 3.65. The van der Waals surface area contributed by atoms with Crippen molar-refractivity contribution in [3.8, 4) is 11.8 Å². The fourth-order valence-electron chi connectivity index (χ4n) is 2.55. The predicted octanol–water partition coefficient (Wildman–Crippen LogP) is 3.26. The predicted molar refractivity (Wildman–Crippen MR) is 77.5 cm³/mol. The van der Waals surface area contributed by atoms with E-state index in [9.17, 15) is 9.18 Å². The molecule has 0 aromatic heterocycles. The van der Waals surface area contributed by atoms with Crippen LogP contribution in [-0.2, 0) is 4.79 Å². The summed E-state index contributed by atoms with van der Waals surface area (Å²) in [7, 11) is 0. The van der Waals surface area contributed by atoms with Crippen LogP contribution in [0.4, 0.5) is 4.39 Å². The van der Waals surface area contributed by atoms with Crippen molar-refractivity contribution >= 4 is 5.91 Å². The summed E-state index contributed by atoms with van der Waals surface area (Å²) in [5.74, 6) is 6.16. The van der Waals surface area contributed by atoms with Gasteiger partial charge in [-0.3, -0.25) is 4.79 Å². The van der Waals surface area contributed by atoms with Gasteiger partial charge in [-0.25, -0.2) is 4.39 Å². The molecule has 1 saturated carbocycles. The van der Waals surface area contributed by atoms with Gasteiger partial charge in [0, 0.05) is 12.0 Å². The molecule has 0 atom stereocenters. The zero-order valence-corrected chi connectivity index (χ0v) is 11.6. The molecule has 2 nitrogen and oxygen atoms in total. The number of hydrogen-bond acceptors (Lipinski definition) is 1. The average Bonchev–Trinajstić information content (AvgIpc) is 2.46. The first kappa shape index (κ1) is 14.6. The lowest BCUT2D eigenvalue weighted by Crippen LogP contribution is -2.26. The number of amides is 1. The number of rotatable bonds is 3. The van der Waals surface area contributed by atoms with E-state index in [0.29, 0.717) is 18.9 Å². The van der Waals surface area contributed by atoms with Gasteiger partial charge >= 0.3 is 0 Å². The Morgan fingerprint density at radius 2 is 1.90 bits per heavy atom. The molecule has 0 saturated heterocycles. The summed E-state index contributed by atoms with van der Waals surface area (Å²) in [6.07, 6.45) is 6.79. The van der Waals surface area contributed by atoms with Crippen LogP contribution in [0.2, 0.25) is 0 Å². The summed E-state index contributed by atoms with van der Waals surface area (Å²) in [6, 6.07) is 6.02. The summed E-state index contributed by atoms with van der Waals surface area (Å²) in [5.41, 5.74) is 0.757. The van der Waals surface area contributed by atoms with Gasteiger partial charge in [0.2, 0.25) is 5.91 Å². The number of nitrogens with one attached hydrogen (secondary N) is 1. The molecule has 1 fully saturated rings. The number of carbonyl (C=O) groups excluding carboxylic acids is 1. The maximum atomic E-state index is 12.7. The highest BCUT2D eigenvalue weighted by Crippen LogP contribution is 2.25. The lowest BCUT2D eigenvalue weighted by molar-refractivity contribution is -0.122. The van der Waals surface area contributed by atoms with Crippen LogP contribution in [0.15, 0.2) is 24.3 Å². The van der Waals surface area contributed by atoms with E-state index in [-0.39, 0.29) is 11.7 Å². The van der Waals surface area contributed by atoms with Gasteiger partial charge in [-0.15, -0.1) is 0 Å². The second-order valence-corrected chi connectivity index (χ2v) is 5.29. The van der Waals surface area contributed by atoms with E-state index >= 15 is 0 Å². The highest BCUT2D eigenvalue weighted by molar-refractivity contribution is 5.76. The first-order chi connectivity index (χ1) is 9.74. The number of hydrogen-bond donors (Lipinski definition) is 1. The first-order valence-corrected chi connectivity index (χ1v) is 7.25. The Kier molecular flexibility index (Phi) is 5.61. The second kappa shape index (κ2) is 7.69. The molecule has 3 heteroatoms. The Morgan fingerprint density at radius 1 is 1.20 bits per heavy atom. The lowest BCUT2D eigenvalue weighted by Gasteiger charge is -2.20. The third-order valence-electron chi connectivity index (χ3n) is 3.65. The summed E-state index contributed by atoms with van der Waals surface area (Å²) in [6.45, 7) is 0.350. The van der Waals surface area contributed by atoms with Crippen LogP contribution in [0, 0.1) is 23.6 Å². The van der Waals surface area contributed by atoms with Crippen molar-refractivity contribution in [3.63, 3.8) is 0 Å². The van der Waals surface area contributed by atoms with Crippen molar-refractivity contribution in [2.45, 2.75) is 38.5 Å². The molecule has 1 amide bonds. The van der Waals surface area contributed by atoms with E-state index < -0.39 is 0 Å². The Hall–Kier alpha value is -1.82. The molecular formula is C17H20FNO. The number of benzene rings is 1. The van der Waals surface area contributed by atoms with Crippen molar-refractivity contribution in [2.24, 2.45) is 5.92 Å². The van der Waals surface area contributed by atoms with E-state index in [1.54, 1.807) is 12.1 Å². The molecule has 2 rings (SSSR count). The van der Waals surface area contributed by atoms with E-state index in [4.69, 9.17) is 0 Å². The summed E-state index contributed by atoms with van der Waals surface area (Å²) < 4.78 is 12.7. The van der Waals surface area contributed by atoms with Gasteiger partial charge in [-0.1, -0.05) is 31.1 Å². The smallest absolute Gasteiger partial charge is 0.221 e. The van der Waals surface area contributed by atoms with Crippen molar-refractivity contribution in [1.82, 2.24) is 5.32 Å². The standard InChI is InChI=1S/C17H20FNO/c18-16-10-8-14(9-11-16)7-4-12-19-17(20)13-15-5-2-1-3-6-15/h8-11,15H,1-3,5-6,12-13H2,(H,19,20). The summed E-state index contributed by atoms with van der Waals surface area (Å²) in [4.78, 5) is 11.7. The maximum Gasteiger partial charge on any atom is 0.221 e. The molecule has 106 valence electrons. The zero-order valence-electron chi connectivity index (χ0n) is 11.6. The van der Waals surface area contributed by atoms with Crippen LogP contribution < -0.4 is 5.32 Å². The molecule has 1 aromatic rings. The Morgan fingerprint density at radius 3 is 2.60 bits per heavy atom. The fourth-order valence-corrected chi connectivity index (χ4v) is 2.55. The Labute approximate surface area is 119 Å². The lowest BCUT2D eigenvalue weighted by atomic mass is 9.87. The average molecular weight is 273 g/mol. The molecule has 1 N–H and O–H groups in total. The van der Waals surface area contributed by atoms with Crippen LogP contribution in [0.1, 0.15) is 44.1 Å². The minimum Gasteiger partial charge on any atom is -0.345 e. The topological polar surface area (TPSA) is 29.1 Å². The van der Waals surface area contributed by atoms with E-state index in [1.165, 1.54) is 44.2 Å².